The van der Waals surface area contributed by atoms with Crippen molar-refractivity contribution < 1.29 is 0 Å². The van der Waals surface area contributed by atoms with Crippen molar-refractivity contribution in [1.82, 2.24) is 15.0 Å². The van der Waals surface area contributed by atoms with Gasteiger partial charge in [0.25, 0.3) is 0 Å². The number of hydrogen-bond acceptors (Lipinski definition) is 5. The van der Waals surface area contributed by atoms with E-state index in [1.807, 2.05) is 5.38 Å². The van der Waals surface area contributed by atoms with Crippen molar-refractivity contribution in [3.8, 4) is 11.5 Å². The third-order valence-corrected chi connectivity index (χ3v) is 3.98. The van der Waals surface area contributed by atoms with E-state index in [9.17, 15) is 0 Å². The number of nitrogens with zero attached hydrogens (tertiary/aromatic N) is 3. The lowest BCUT2D eigenvalue weighted by Gasteiger charge is -2.10. The van der Waals surface area contributed by atoms with Crippen molar-refractivity contribution in [1.29, 1.82) is 0 Å². The number of aryl methyl sites for hydroxylation is 1. The van der Waals surface area contributed by atoms with Gasteiger partial charge in [0.15, 0.2) is 5.82 Å². The van der Waals surface area contributed by atoms with Gasteiger partial charge >= 0.3 is 0 Å². The van der Waals surface area contributed by atoms with Gasteiger partial charge in [0.2, 0.25) is 0 Å². The molecular formula is C11H13IN4S. The molecule has 0 unspecified atom stereocenters. The molecule has 0 atom stereocenters. The van der Waals surface area contributed by atoms with Crippen LogP contribution in [0.15, 0.2) is 10.9 Å². The van der Waals surface area contributed by atoms with Gasteiger partial charge in [-0.05, 0) is 35.9 Å². The average molecular weight is 360 g/mol. The van der Waals surface area contributed by atoms with Gasteiger partial charge in [-0.1, -0.05) is 6.92 Å². The zero-order valence-corrected chi connectivity index (χ0v) is 12.7. The van der Waals surface area contributed by atoms with Crippen molar-refractivity contribution >= 4 is 39.7 Å². The minimum Gasteiger partial charge on any atom is -0.369 e. The summed E-state index contributed by atoms with van der Waals surface area (Å²) in [6.07, 6.45) is 0.899. The van der Waals surface area contributed by atoms with Crippen LogP contribution < -0.4 is 5.32 Å². The first-order valence-electron chi connectivity index (χ1n) is 5.45. The minimum absolute atomic E-state index is 0.708. The van der Waals surface area contributed by atoms with Gasteiger partial charge in [-0.15, -0.1) is 11.3 Å². The van der Waals surface area contributed by atoms with Crippen molar-refractivity contribution in [2.24, 2.45) is 0 Å². The van der Waals surface area contributed by atoms with Gasteiger partial charge in [0.1, 0.15) is 11.5 Å². The molecule has 0 aliphatic heterocycles. The monoisotopic (exact) mass is 360 g/mol. The van der Waals surface area contributed by atoms with Gasteiger partial charge in [-0.3, -0.25) is 0 Å². The predicted molar refractivity (Wildman–Crippen MR) is 79.4 cm³/mol. The summed E-state index contributed by atoms with van der Waals surface area (Å²) < 4.78 is 1.10. The number of thiazole rings is 1. The molecule has 2 heterocycles. The van der Waals surface area contributed by atoms with Crippen LogP contribution in [0.2, 0.25) is 0 Å². The fourth-order valence-electron chi connectivity index (χ4n) is 1.45. The van der Waals surface area contributed by atoms with Crippen LogP contribution in [0.25, 0.3) is 11.5 Å². The van der Waals surface area contributed by atoms with E-state index in [0.29, 0.717) is 5.82 Å². The third kappa shape index (κ3) is 2.74. The van der Waals surface area contributed by atoms with Crippen molar-refractivity contribution in [2.75, 3.05) is 11.9 Å². The molecule has 1 N–H and O–H groups in total. The molecule has 0 bridgehead atoms. The summed E-state index contributed by atoms with van der Waals surface area (Å²) in [5.74, 6) is 1.61. The zero-order chi connectivity index (χ0) is 12.3. The van der Waals surface area contributed by atoms with Gasteiger partial charge in [-0.2, -0.15) is 0 Å². The van der Waals surface area contributed by atoms with Gasteiger partial charge in [0, 0.05) is 11.9 Å². The molecule has 2 rings (SSSR count). The first-order valence-corrected chi connectivity index (χ1v) is 7.47. The van der Waals surface area contributed by atoms with E-state index in [4.69, 9.17) is 0 Å². The van der Waals surface area contributed by atoms with Crippen LogP contribution in [0.4, 0.5) is 5.82 Å². The standard InChI is InChI=1S/C11H13IN4S/c1-3-7-9(12)11(13-4-2)16-10(15-7)8-5-17-6-14-8/h5-6H,3-4H2,1-2H3,(H,13,15,16). The molecular weight excluding hydrogens is 347 g/mol. The average Bonchev–Trinajstić information content (AvgIpc) is 2.85. The second kappa shape index (κ2) is 5.72. The number of hydrogen-bond donors (Lipinski definition) is 1. The third-order valence-electron chi connectivity index (χ3n) is 2.26. The van der Waals surface area contributed by atoms with E-state index >= 15 is 0 Å². The summed E-state index contributed by atoms with van der Waals surface area (Å²) in [7, 11) is 0. The number of aromatic nitrogens is 3. The van der Waals surface area contributed by atoms with Crippen LogP contribution in [0, 0.1) is 3.57 Å². The molecule has 0 aliphatic rings. The molecule has 0 saturated carbocycles. The molecule has 0 amide bonds. The molecule has 6 heteroatoms. The lowest BCUT2D eigenvalue weighted by atomic mass is 10.3. The summed E-state index contributed by atoms with van der Waals surface area (Å²) in [6.45, 7) is 5.02. The summed E-state index contributed by atoms with van der Waals surface area (Å²) >= 11 is 3.85. The highest BCUT2D eigenvalue weighted by atomic mass is 127. The van der Waals surface area contributed by atoms with Crippen LogP contribution in [-0.4, -0.2) is 21.5 Å². The highest BCUT2D eigenvalue weighted by Crippen LogP contribution is 2.24. The Morgan fingerprint density at radius 3 is 2.76 bits per heavy atom. The molecule has 0 fully saturated rings. The summed E-state index contributed by atoms with van der Waals surface area (Å²) in [6, 6.07) is 0. The van der Waals surface area contributed by atoms with E-state index < -0.39 is 0 Å². The normalized spacial score (nSPS) is 10.5. The molecule has 2 aromatic heterocycles. The van der Waals surface area contributed by atoms with Crippen molar-refractivity contribution in [3.05, 3.63) is 20.2 Å². The summed E-state index contributed by atoms with van der Waals surface area (Å²) in [5, 5.41) is 5.24. The second-order valence-electron chi connectivity index (χ2n) is 3.41. The lowest BCUT2D eigenvalue weighted by molar-refractivity contribution is 0.978. The molecule has 0 spiro atoms. The fourth-order valence-corrected chi connectivity index (χ4v) is 2.79. The van der Waals surface area contributed by atoms with E-state index in [1.54, 1.807) is 16.8 Å². The second-order valence-corrected chi connectivity index (χ2v) is 5.21. The zero-order valence-electron chi connectivity index (χ0n) is 9.70. The lowest BCUT2D eigenvalue weighted by Crippen LogP contribution is -2.07. The van der Waals surface area contributed by atoms with E-state index in [1.165, 1.54) is 0 Å². The number of rotatable bonds is 4. The van der Waals surface area contributed by atoms with Crippen LogP contribution in [0.3, 0.4) is 0 Å². The van der Waals surface area contributed by atoms with Crippen molar-refractivity contribution in [2.45, 2.75) is 20.3 Å². The molecule has 0 saturated heterocycles. The maximum Gasteiger partial charge on any atom is 0.181 e. The van der Waals surface area contributed by atoms with Gasteiger partial charge in [0.05, 0.1) is 14.8 Å². The van der Waals surface area contributed by atoms with Crippen LogP contribution >= 0.6 is 33.9 Å². The van der Waals surface area contributed by atoms with Crippen molar-refractivity contribution in [3.63, 3.8) is 0 Å². The smallest absolute Gasteiger partial charge is 0.181 e. The van der Waals surface area contributed by atoms with E-state index in [0.717, 1.165) is 33.7 Å². The Hall–Kier alpha value is -0.760. The number of anilines is 1. The SMILES string of the molecule is CCNc1nc(-c2cscn2)nc(CC)c1I. The Morgan fingerprint density at radius 2 is 2.18 bits per heavy atom. The Balaban J connectivity index is 2.50. The maximum atomic E-state index is 4.56. The quantitative estimate of drug-likeness (QED) is 0.851. The molecule has 4 nitrogen and oxygen atoms in total. The Kier molecular flexibility index (Phi) is 4.27. The topological polar surface area (TPSA) is 50.7 Å². The number of nitrogens with one attached hydrogen (secondary N) is 1. The van der Waals surface area contributed by atoms with Crippen LogP contribution in [-0.2, 0) is 6.42 Å². The molecule has 90 valence electrons. The van der Waals surface area contributed by atoms with Crippen LogP contribution in [0.5, 0.6) is 0 Å². The maximum absolute atomic E-state index is 4.56. The molecule has 2 aromatic rings. The highest BCUT2D eigenvalue weighted by molar-refractivity contribution is 14.1. The van der Waals surface area contributed by atoms with Gasteiger partial charge < -0.3 is 5.32 Å². The van der Waals surface area contributed by atoms with Crippen LogP contribution in [0.1, 0.15) is 19.5 Å². The summed E-state index contributed by atoms with van der Waals surface area (Å²) in [5.41, 5.74) is 3.72. The van der Waals surface area contributed by atoms with E-state index in [-0.39, 0.29) is 0 Å². The first-order chi connectivity index (χ1) is 8.26. The minimum atomic E-state index is 0.708. The van der Waals surface area contributed by atoms with Gasteiger partial charge in [-0.25, -0.2) is 15.0 Å². The summed E-state index contributed by atoms with van der Waals surface area (Å²) in [4.78, 5) is 13.3. The molecule has 0 radical (unpaired) electrons. The Bertz CT molecular complexity index is 498. The molecule has 0 aliphatic carbocycles. The Morgan fingerprint density at radius 1 is 1.35 bits per heavy atom. The number of halogens is 1. The molecule has 17 heavy (non-hydrogen) atoms. The van der Waals surface area contributed by atoms with E-state index in [2.05, 4.69) is 56.7 Å². The molecule has 0 aromatic carbocycles. The fraction of sp³-hybridized carbons (Fsp3) is 0.364. The largest absolute Gasteiger partial charge is 0.369 e. The Labute approximate surface area is 118 Å². The predicted octanol–water partition coefficient (Wildman–Crippen LogP) is 3.20. The first kappa shape index (κ1) is 12.7. The highest BCUT2D eigenvalue weighted by Gasteiger charge is 2.12.